The van der Waals surface area contributed by atoms with Gasteiger partial charge in [0.05, 0.1) is 10.6 Å². The van der Waals surface area contributed by atoms with E-state index in [9.17, 15) is 8.42 Å². The van der Waals surface area contributed by atoms with Crippen molar-refractivity contribution in [2.75, 3.05) is 0 Å². The molecule has 1 unspecified atom stereocenters. The monoisotopic (exact) mass is 305 g/mol. The summed E-state index contributed by atoms with van der Waals surface area (Å²) < 4.78 is 26.9. The van der Waals surface area contributed by atoms with Gasteiger partial charge in [0.25, 0.3) is 0 Å². The molecule has 0 amide bonds. The summed E-state index contributed by atoms with van der Waals surface area (Å²) in [4.78, 5) is -0.0536. The van der Waals surface area contributed by atoms with E-state index in [1.807, 2.05) is 0 Å². The van der Waals surface area contributed by atoms with Crippen molar-refractivity contribution in [2.24, 2.45) is 10.9 Å². The molecule has 0 saturated heterocycles. The maximum atomic E-state index is 12.3. The van der Waals surface area contributed by atoms with Crippen LogP contribution in [-0.2, 0) is 10.0 Å². The predicted octanol–water partition coefficient (Wildman–Crippen LogP) is 1.53. The minimum absolute atomic E-state index is 0.0536. The molecule has 1 aromatic rings. The second-order valence-electron chi connectivity index (χ2n) is 4.21. The Kier molecular flexibility index (Phi) is 4.78. The van der Waals surface area contributed by atoms with Crippen LogP contribution in [0.25, 0.3) is 0 Å². The summed E-state index contributed by atoms with van der Waals surface area (Å²) in [6, 6.07) is 6.05. The number of benzene rings is 1. The summed E-state index contributed by atoms with van der Waals surface area (Å²) in [6.45, 7) is 3.24. The number of nitrogens with two attached hydrogens (primary N) is 1. The van der Waals surface area contributed by atoms with Crippen LogP contribution in [0, 0.1) is 0 Å². The second-order valence-corrected chi connectivity index (χ2v) is 6.26. The average molecular weight is 306 g/mol. The zero-order valence-electron chi connectivity index (χ0n) is 10.6. The van der Waals surface area contributed by atoms with Gasteiger partial charge in [-0.15, -0.1) is 0 Å². The zero-order chi connectivity index (χ0) is 14.7. The molecule has 0 bridgehead atoms. The van der Waals surface area contributed by atoms with Gasteiger partial charge in [0.2, 0.25) is 10.0 Å². The maximum Gasteiger partial charge on any atom is 0.242 e. The maximum absolute atomic E-state index is 12.3. The Balaban J connectivity index is 3.20. The molecule has 0 fully saturated rings. The van der Waals surface area contributed by atoms with Crippen molar-refractivity contribution in [1.29, 1.82) is 0 Å². The fraction of sp³-hybridized carbons (Fsp3) is 0.364. The Morgan fingerprint density at radius 1 is 1.53 bits per heavy atom. The van der Waals surface area contributed by atoms with Gasteiger partial charge < -0.3 is 10.9 Å². The van der Waals surface area contributed by atoms with Crippen molar-refractivity contribution in [3.05, 3.63) is 29.3 Å². The summed E-state index contributed by atoms with van der Waals surface area (Å²) in [5.41, 5.74) is 4.34. The van der Waals surface area contributed by atoms with Crippen LogP contribution in [0.15, 0.2) is 34.3 Å². The molecular formula is C11H16ClN3O3S. The Labute approximate surface area is 117 Å². The number of oxime groups is 1. The highest BCUT2D eigenvalue weighted by atomic mass is 35.5. The largest absolute Gasteiger partial charge is 0.409 e. The first-order valence-electron chi connectivity index (χ1n) is 5.53. The highest BCUT2D eigenvalue weighted by Gasteiger charge is 2.34. The lowest BCUT2D eigenvalue weighted by Crippen LogP contribution is -2.54. The molecule has 0 radical (unpaired) electrons. The van der Waals surface area contributed by atoms with Crippen molar-refractivity contribution in [3.63, 3.8) is 0 Å². The summed E-state index contributed by atoms with van der Waals surface area (Å²) in [6.07, 6.45) is 0.312. The first-order valence-corrected chi connectivity index (χ1v) is 7.39. The van der Waals surface area contributed by atoms with Gasteiger partial charge in [0.1, 0.15) is 4.90 Å². The highest BCUT2D eigenvalue weighted by molar-refractivity contribution is 7.89. The molecule has 0 aliphatic rings. The number of sulfonamides is 1. The van der Waals surface area contributed by atoms with Gasteiger partial charge in [-0.2, -0.15) is 4.72 Å². The normalized spacial score (nSPS) is 16.1. The Hall–Kier alpha value is -1.31. The molecule has 0 aliphatic heterocycles. The third-order valence-electron chi connectivity index (χ3n) is 2.87. The van der Waals surface area contributed by atoms with Crippen LogP contribution in [0.1, 0.15) is 20.3 Å². The lowest BCUT2D eigenvalue weighted by Gasteiger charge is -2.27. The standard InChI is InChI=1S/C11H16ClN3O3S/c1-3-11(2,10(13)14-16)15-19(17,18)9-7-5-4-6-8(9)12/h4-7,15-16H,3H2,1-2H3,(H2,13,14). The van der Waals surface area contributed by atoms with E-state index >= 15 is 0 Å². The van der Waals surface area contributed by atoms with Gasteiger partial charge in [-0.1, -0.05) is 35.8 Å². The third kappa shape index (κ3) is 3.37. The van der Waals surface area contributed by atoms with E-state index in [2.05, 4.69) is 9.88 Å². The molecule has 8 heteroatoms. The van der Waals surface area contributed by atoms with E-state index in [0.29, 0.717) is 6.42 Å². The van der Waals surface area contributed by atoms with Crippen LogP contribution in [0.4, 0.5) is 0 Å². The molecular weight excluding hydrogens is 290 g/mol. The third-order valence-corrected chi connectivity index (χ3v) is 4.96. The van der Waals surface area contributed by atoms with E-state index in [1.165, 1.54) is 19.1 Å². The summed E-state index contributed by atoms with van der Waals surface area (Å²) in [5, 5.41) is 11.7. The molecule has 0 heterocycles. The van der Waals surface area contributed by atoms with Crippen molar-refractivity contribution in [2.45, 2.75) is 30.7 Å². The predicted molar refractivity (Wildman–Crippen MR) is 73.9 cm³/mol. The molecule has 19 heavy (non-hydrogen) atoms. The molecule has 1 rings (SSSR count). The number of nitrogens with one attached hydrogen (secondary N) is 1. The topological polar surface area (TPSA) is 105 Å². The molecule has 4 N–H and O–H groups in total. The summed E-state index contributed by atoms with van der Waals surface area (Å²) in [5.74, 6) is -0.217. The van der Waals surface area contributed by atoms with Crippen LogP contribution >= 0.6 is 11.6 Å². The van der Waals surface area contributed by atoms with E-state index < -0.39 is 15.6 Å². The fourth-order valence-electron chi connectivity index (χ4n) is 1.43. The molecule has 0 aromatic heterocycles. The van der Waals surface area contributed by atoms with Gasteiger partial charge in [-0.05, 0) is 25.5 Å². The van der Waals surface area contributed by atoms with Gasteiger partial charge in [0, 0.05) is 0 Å². The highest BCUT2D eigenvalue weighted by Crippen LogP contribution is 2.23. The van der Waals surface area contributed by atoms with Crippen LogP contribution < -0.4 is 10.5 Å². The number of hydrogen-bond donors (Lipinski definition) is 3. The average Bonchev–Trinajstić information content (AvgIpc) is 2.37. The number of halogens is 1. The van der Waals surface area contributed by atoms with E-state index in [0.717, 1.165) is 0 Å². The van der Waals surface area contributed by atoms with Crippen molar-refractivity contribution in [1.82, 2.24) is 4.72 Å². The first-order chi connectivity index (χ1) is 8.77. The first kappa shape index (κ1) is 15.7. The number of nitrogens with zero attached hydrogens (tertiary/aromatic N) is 1. The Bertz CT molecular complexity index is 589. The lowest BCUT2D eigenvalue weighted by molar-refractivity contribution is 0.310. The zero-order valence-corrected chi connectivity index (χ0v) is 12.2. The Morgan fingerprint density at radius 2 is 2.11 bits per heavy atom. The number of amidine groups is 1. The molecule has 0 aliphatic carbocycles. The molecule has 1 aromatic carbocycles. The van der Waals surface area contributed by atoms with Crippen LogP contribution in [0.5, 0.6) is 0 Å². The number of hydrogen-bond acceptors (Lipinski definition) is 4. The number of rotatable bonds is 5. The van der Waals surface area contributed by atoms with Gasteiger partial charge in [0.15, 0.2) is 5.84 Å². The quantitative estimate of drug-likeness (QED) is 0.332. The van der Waals surface area contributed by atoms with Gasteiger partial charge in [-0.3, -0.25) is 0 Å². The minimum Gasteiger partial charge on any atom is -0.409 e. The van der Waals surface area contributed by atoms with Gasteiger partial charge >= 0.3 is 0 Å². The Morgan fingerprint density at radius 3 is 2.58 bits per heavy atom. The molecule has 0 saturated carbocycles. The van der Waals surface area contributed by atoms with Crippen molar-refractivity contribution >= 4 is 27.5 Å². The summed E-state index contributed by atoms with van der Waals surface area (Å²) >= 11 is 5.86. The van der Waals surface area contributed by atoms with Crippen LogP contribution in [0.3, 0.4) is 0 Å². The van der Waals surface area contributed by atoms with Crippen LogP contribution in [-0.4, -0.2) is 25.0 Å². The van der Waals surface area contributed by atoms with Crippen molar-refractivity contribution in [3.8, 4) is 0 Å². The smallest absolute Gasteiger partial charge is 0.242 e. The molecule has 6 nitrogen and oxygen atoms in total. The van der Waals surface area contributed by atoms with E-state index in [4.69, 9.17) is 22.5 Å². The molecule has 106 valence electrons. The van der Waals surface area contributed by atoms with Crippen LogP contribution in [0.2, 0.25) is 5.02 Å². The lowest BCUT2D eigenvalue weighted by atomic mass is 10.00. The molecule has 1 atom stereocenters. The van der Waals surface area contributed by atoms with E-state index in [1.54, 1.807) is 19.1 Å². The minimum atomic E-state index is -3.87. The SMILES string of the molecule is CCC(C)(NS(=O)(=O)c1ccccc1Cl)/C(N)=N/O. The molecule has 0 spiro atoms. The van der Waals surface area contributed by atoms with Gasteiger partial charge in [-0.25, -0.2) is 8.42 Å². The van der Waals surface area contributed by atoms with Crippen molar-refractivity contribution < 1.29 is 13.6 Å². The van der Waals surface area contributed by atoms with E-state index in [-0.39, 0.29) is 15.8 Å². The summed E-state index contributed by atoms with van der Waals surface area (Å²) in [7, 11) is -3.87. The second kappa shape index (κ2) is 5.77. The fourth-order valence-corrected chi connectivity index (χ4v) is 3.41.